The molecule has 0 saturated heterocycles. The van der Waals surface area contributed by atoms with Crippen molar-refractivity contribution in [3.63, 3.8) is 0 Å². The van der Waals surface area contributed by atoms with E-state index in [0.717, 1.165) is 15.6 Å². The van der Waals surface area contributed by atoms with E-state index in [9.17, 15) is 4.79 Å². The quantitative estimate of drug-likeness (QED) is 0.145. The maximum Gasteiger partial charge on any atom is 0.203 e. The molecular formula is C28H27BrClNO6. The molecule has 0 aromatic heterocycles. The van der Waals surface area contributed by atoms with Gasteiger partial charge in [-0.3, -0.25) is 4.79 Å². The summed E-state index contributed by atoms with van der Waals surface area (Å²) < 4.78 is 27.7. The molecule has 194 valence electrons. The van der Waals surface area contributed by atoms with Crippen molar-refractivity contribution in [2.45, 2.75) is 0 Å². The van der Waals surface area contributed by atoms with Gasteiger partial charge in [-0.05, 0) is 69.5 Å². The number of anilines is 1. The fraction of sp³-hybridized carbons (Fsp3) is 0.179. The number of ketones is 1. The lowest BCUT2D eigenvalue weighted by Gasteiger charge is -2.13. The number of rotatable bonds is 11. The largest absolute Gasteiger partial charge is 0.495 e. The highest BCUT2D eigenvalue weighted by atomic mass is 79.9. The second kappa shape index (κ2) is 13.1. The summed E-state index contributed by atoms with van der Waals surface area (Å²) in [6, 6.07) is 12.4. The Kier molecular flexibility index (Phi) is 9.88. The molecule has 9 heteroatoms. The highest BCUT2D eigenvalue weighted by Gasteiger charge is 2.13. The summed E-state index contributed by atoms with van der Waals surface area (Å²) in [6.45, 7) is 0. The number of carbonyl (C=O) groups is 1. The van der Waals surface area contributed by atoms with Crippen molar-refractivity contribution in [1.29, 1.82) is 0 Å². The number of nitrogens with one attached hydrogen (secondary N) is 1. The average molecular weight is 589 g/mol. The van der Waals surface area contributed by atoms with E-state index in [1.165, 1.54) is 13.2 Å². The van der Waals surface area contributed by atoms with Gasteiger partial charge in [0.2, 0.25) is 5.75 Å². The van der Waals surface area contributed by atoms with Crippen LogP contribution in [0.1, 0.15) is 21.5 Å². The number of carbonyl (C=O) groups excluding carboxylic acids is 1. The van der Waals surface area contributed by atoms with E-state index < -0.39 is 0 Å². The van der Waals surface area contributed by atoms with Gasteiger partial charge in [0.15, 0.2) is 23.0 Å². The molecular weight excluding hydrogens is 562 g/mol. The molecule has 7 nitrogen and oxygen atoms in total. The van der Waals surface area contributed by atoms with E-state index in [-0.39, 0.29) is 5.78 Å². The summed E-state index contributed by atoms with van der Waals surface area (Å²) in [5.74, 6) is 2.54. The van der Waals surface area contributed by atoms with Crippen LogP contribution in [0.5, 0.6) is 28.7 Å². The monoisotopic (exact) mass is 587 g/mol. The molecule has 0 aliphatic rings. The molecule has 0 fully saturated rings. The zero-order valence-electron chi connectivity index (χ0n) is 21.1. The van der Waals surface area contributed by atoms with Gasteiger partial charge in [-0.1, -0.05) is 23.8 Å². The first-order chi connectivity index (χ1) is 17.8. The van der Waals surface area contributed by atoms with Gasteiger partial charge in [0.05, 0.1) is 50.7 Å². The van der Waals surface area contributed by atoms with Gasteiger partial charge in [-0.25, -0.2) is 0 Å². The van der Waals surface area contributed by atoms with Crippen LogP contribution in [0, 0.1) is 0 Å². The van der Waals surface area contributed by atoms with Crippen LogP contribution in [0.15, 0.2) is 59.2 Å². The van der Waals surface area contributed by atoms with Crippen molar-refractivity contribution in [2.24, 2.45) is 0 Å². The summed E-state index contributed by atoms with van der Waals surface area (Å²) in [5.41, 5.74) is 2.85. The molecule has 0 aliphatic heterocycles. The standard InChI is InChI=1S/C28H27BrClNO6/c1-33-24-9-8-19(16-21(24)30)23(32)10-11-31-22-13-17(12-20(29)27(22)36-4)6-7-18-14-25(34-2)28(37-5)26(15-18)35-3/h6-16,31H,1-5H3/b7-6-,11-10-. The van der Waals surface area contributed by atoms with Crippen molar-refractivity contribution in [2.75, 3.05) is 40.9 Å². The number of halogens is 2. The molecule has 0 saturated carbocycles. The summed E-state index contributed by atoms with van der Waals surface area (Å²) in [7, 11) is 7.81. The van der Waals surface area contributed by atoms with E-state index in [4.69, 9.17) is 35.3 Å². The van der Waals surface area contributed by atoms with E-state index in [2.05, 4.69) is 21.2 Å². The van der Waals surface area contributed by atoms with E-state index in [0.29, 0.717) is 45.0 Å². The Balaban J connectivity index is 1.84. The smallest absolute Gasteiger partial charge is 0.203 e. The summed E-state index contributed by atoms with van der Waals surface area (Å²) >= 11 is 9.69. The van der Waals surface area contributed by atoms with Crippen molar-refractivity contribution >= 4 is 51.2 Å². The topological polar surface area (TPSA) is 75.3 Å². The summed E-state index contributed by atoms with van der Waals surface area (Å²) in [6.07, 6.45) is 6.83. The van der Waals surface area contributed by atoms with Gasteiger partial charge in [0.25, 0.3) is 0 Å². The molecule has 0 spiro atoms. The van der Waals surface area contributed by atoms with E-state index >= 15 is 0 Å². The van der Waals surface area contributed by atoms with Crippen LogP contribution < -0.4 is 29.0 Å². The van der Waals surface area contributed by atoms with Gasteiger partial charge < -0.3 is 29.0 Å². The lowest BCUT2D eigenvalue weighted by Crippen LogP contribution is -1.99. The van der Waals surface area contributed by atoms with Crippen LogP contribution in [-0.4, -0.2) is 41.3 Å². The van der Waals surface area contributed by atoms with Crippen LogP contribution in [0.3, 0.4) is 0 Å². The molecule has 0 amide bonds. The number of allylic oxidation sites excluding steroid dienone is 1. The lowest BCUT2D eigenvalue weighted by molar-refractivity contribution is 0.104. The molecule has 0 aliphatic carbocycles. The summed E-state index contributed by atoms with van der Waals surface area (Å²) in [4.78, 5) is 12.6. The first kappa shape index (κ1) is 28.0. The lowest BCUT2D eigenvalue weighted by atomic mass is 10.1. The average Bonchev–Trinajstić information content (AvgIpc) is 2.90. The third kappa shape index (κ3) is 6.78. The minimum Gasteiger partial charge on any atom is -0.495 e. The second-order valence-electron chi connectivity index (χ2n) is 7.57. The van der Waals surface area contributed by atoms with Crippen LogP contribution in [-0.2, 0) is 0 Å². The fourth-order valence-corrected chi connectivity index (χ4v) is 4.44. The van der Waals surface area contributed by atoms with Crippen molar-refractivity contribution in [3.8, 4) is 28.7 Å². The maximum atomic E-state index is 12.6. The zero-order valence-corrected chi connectivity index (χ0v) is 23.4. The molecule has 37 heavy (non-hydrogen) atoms. The van der Waals surface area contributed by atoms with E-state index in [1.807, 2.05) is 36.4 Å². The Morgan fingerprint density at radius 1 is 0.784 bits per heavy atom. The van der Waals surface area contributed by atoms with Gasteiger partial charge in [0, 0.05) is 17.8 Å². The highest BCUT2D eigenvalue weighted by molar-refractivity contribution is 9.10. The Labute approximate surface area is 229 Å². The van der Waals surface area contributed by atoms with Crippen molar-refractivity contribution < 1.29 is 28.5 Å². The number of hydrogen-bond donors (Lipinski definition) is 1. The Bertz CT molecular complexity index is 1310. The third-order valence-electron chi connectivity index (χ3n) is 5.34. The van der Waals surface area contributed by atoms with E-state index in [1.54, 1.807) is 52.8 Å². The Hall–Kier alpha value is -3.62. The summed E-state index contributed by atoms with van der Waals surface area (Å²) in [5, 5.41) is 3.50. The van der Waals surface area contributed by atoms with Crippen LogP contribution in [0.25, 0.3) is 12.2 Å². The molecule has 1 N–H and O–H groups in total. The molecule has 3 aromatic rings. The predicted molar refractivity (Wildman–Crippen MR) is 151 cm³/mol. The number of methoxy groups -OCH3 is 5. The van der Waals surface area contributed by atoms with Gasteiger partial charge in [-0.15, -0.1) is 0 Å². The first-order valence-corrected chi connectivity index (χ1v) is 12.2. The van der Waals surface area contributed by atoms with Gasteiger partial charge >= 0.3 is 0 Å². The van der Waals surface area contributed by atoms with Gasteiger partial charge in [0.1, 0.15) is 5.75 Å². The van der Waals surface area contributed by atoms with Crippen LogP contribution >= 0.6 is 27.5 Å². The minimum atomic E-state index is -0.214. The predicted octanol–water partition coefficient (Wildman–Crippen LogP) is 7.12. The molecule has 0 bridgehead atoms. The molecule has 0 heterocycles. The maximum absolute atomic E-state index is 12.6. The van der Waals surface area contributed by atoms with Crippen molar-refractivity contribution in [1.82, 2.24) is 0 Å². The normalized spacial score (nSPS) is 11.0. The first-order valence-electron chi connectivity index (χ1n) is 11.0. The van der Waals surface area contributed by atoms with Crippen molar-refractivity contribution in [3.05, 3.63) is 80.9 Å². The number of ether oxygens (including phenoxy) is 5. The third-order valence-corrected chi connectivity index (χ3v) is 6.22. The molecule has 0 radical (unpaired) electrons. The molecule has 0 atom stereocenters. The molecule has 3 rings (SSSR count). The number of hydrogen-bond acceptors (Lipinski definition) is 7. The Morgan fingerprint density at radius 3 is 1.92 bits per heavy atom. The number of benzene rings is 3. The van der Waals surface area contributed by atoms with Crippen LogP contribution in [0.2, 0.25) is 5.02 Å². The second-order valence-corrected chi connectivity index (χ2v) is 8.83. The van der Waals surface area contributed by atoms with Crippen LogP contribution in [0.4, 0.5) is 5.69 Å². The Morgan fingerprint density at radius 2 is 1.38 bits per heavy atom. The fourth-order valence-electron chi connectivity index (χ4n) is 3.54. The molecule has 3 aromatic carbocycles. The van der Waals surface area contributed by atoms with Gasteiger partial charge in [-0.2, -0.15) is 0 Å². The molecule has 0 unspecified atom stereocenters. The SMILES string of the molecule is COc1ccc(C(=O)/C=C\Nc2cc(/C=C\c3cc(OC)c(OC)c(OC)c3)cc(Br)c2OC)cc1Cl. The minimum absolute atomic E-state index is 0.214. The zero-order chi connectivity index (χ0) is 26.9. The highest BCUT2D eigenvalue weighted by Crippen LogP contribution is 2.39.